The quantitative estimate of drug-likeness (QED) is 0.490. The molecule has 4 nitrogen and oxygen atoms in total. The number of rotatable bonds is 5. The monoisotopic (exact) mass is 304 g/mol. The Hall–Kier alpha value is -1.42. The maximum absolute atomic E-state index is 13.2. The molecule has 0 heterocycles. The van der Waals surface area contributed by atoms with Crippen molar-refractivity contribution in [3.63, 3.8) is 0 Å². The zero-order valence-electron chi connectivity index (χ0n) is 9.53. The molecule has 0 aromatic heterocycles. The van der Waals surface area contributed by atoms with Gasteiger partial charge in [-0.15, -0.1) is 0 Å². The Morgan fingerprint density at radius 2 is 1.32 bits per heavy atom. The van der Waals surface area contributed by atoms with Gasteiger partial charge in [0.05, 0.1) is 5.75 Å². The predicted molar refractivity (Wildman–Crippen MR) is 57.6 cm³/mol. The summed E-state index contributed by atoms with van der Waals surface area (Å²) >= 11 is 0. The van der Waals surface area contributed by atoms with Crippen LogP contribution in [0.4, 0.5) is 27.6 Å². The van der Waals surface area contributed by atoms with Gasteiger partial charge in [-0.2, -0.15) is 0 Å². The van der Waals surface area contributed by atoms with Crippen LogP contribution in [0.3, 0.4) is 0 Å². The largest absolute Gasteiger partial charge is 0.379 e. The maximum Gasteiger partial charge on any atom is 0.213 e. The number of sulfonamides is 1. The van der Waals surface area contributed by atoms with Crippen molar-refractivity contribution in [2.45, 2.75) is 0 Å². The Bertz CT molecular complexity index is 562. The highest BCUT2D eigenvalue weighted by atomic mass is 32.2. The van der Waals surface area contributed by atoms with E-state index >= 15 is 0 Å². The normalized spacial score (nSPS) is 11.7. The summed E-state index contributed by atoms with van der Waals surface area (Å²) in [4.78, 5) is 0. The van der Waals surface area contributed by atoms with Gasteiger partial charge < -0.3 is 5.32 Å². The van der Waals surface area contributed by atoms with Crippen molar-refractivity contribution in [1.29, 1.82) is 0 Å². The Morgan fingerprint density at radius 3 is 1.74 bits per heavy atom. The van der Waals surface area contributed by atoms with Gasteiger partial charge in [0, 0.05) is 6.54 Å². The SMILES string of the molecule is CNS(=O)(=O)CCNc1c(F)c(F)c(F)c(F)c1F. The highest BCUT2D eigenvalue weighted by Gasteiger charge is 2.25. The van der Waals surface area contributed by atoms with Crippen LogP contribution in [-0.2, 0) is 10.0 Å². The first-order valence-electron chi connectivity index (χ1n) is 4.87. The first-order chi connectivity index (χ1) is 8.71. The van der Waals surface area contributed by atoms with Crippen molar-refractivity contribution in [1.82, 2.24) is 4.72 Å². The van der Waals surface area contributed by atoms with Crippen molar-refractivity contribution < 1.29 is 30.4 Å². The Kier molecular flexibility index (Phi) is 4.69. The summed E-state index contributed by atoms with van der Waals surface area (Å²) in [5.74, 6) is -11.2. The van der Waals surface area contributed by atoms with Gasteiger partial charge in [-0.1, -0.05) is 0 Å². The zero-order valence-corrected chi connectivity index (χ0v) is 10.3. The third kappa shape index (κ3) is 3.32. The zero-order chi connectivity index (χ0) is 14.8. The molecule has 108 valence electrons. The Morgan fingerprint density at radius 1 is 0.895 bits per heavy atom. The molecule has 0 unspecified atom stereocenters. The lowest BCUT2D eigenvalue weighted by Gasteiger charge is -2.10. The van der Waals surface area contributed by atoms with Crippen LogP contribution in [0, 0.1) is 29.1 Å². The van der Waals surface area contributed by atoms with Gasteiger partial charge in [0.15, 0.2) is 23.3 Å². The van der Waals surface area contributed by atoms with Crippen LogP contribution >= 0.6 is 0 Å². The molecule has 0 saturated heterocycles. The molecule has 2 N–H and O–H groups in total. The average molecular weight is 304 g/mol. The van der Waals surface area contributed by atoms with Gasteiger partial charge in [-0.3, -0.25) is 0 Å². The molecule has 0 aliphatic rings. The summed E-state index contributed by atoms with van der Waals surface area (Å²) in [6.45, 7) is -0.526. The van der Waals surface area contributed by atoms with Crippen LogP contribution in [0.15, 0.2) is 0 Å². The van der Waals surface area contributed by atoms with Gasteiger partial charge in [0.1, 0.15) is 5.69 Å². The number of benzene rings is 1. The summed E-state index contributed by atoms with van der Waals surface area (Å²) in [6, 6.07) is 0. The van der Waals surface area contributed by atoms with Crippen molar-refractivity contribution in [2.24, 2.45) is 0 Å². The van der Waals surface area contributed by atoms with Crippen molar-refractivity contribution in [3.8, 4) is 0 Å². The fraction of sp³-hybridized carbons (Fsp3) is 0.333. The number of anilines is 1. The van der Waals surface area contributed by atoms with E-state index in [1.54, 1.807) is 0 Å². The predicted octanol–water partition coefficient (Wildman–Crippen LogP) is 1.34. The van der Waals surface area contributed by atoms with Crippen LogP contribution in [-0.4, -0.2) is 27.8 Å². The Labute approximate surface area is 105 Å². The maximum atomic E-state index is 13.2. The van der Waals surface area contributed by atoms with E-state index in [1.807, 2.05) is 10.0 Å². The third-order valence-corrected chi connectivity index (χ3v) is 3.56. The second kappa shape index (κ2) is 5.70. The summed E-state index contributed by atoms with van der Waals surface area (Å²) < 4.78 is 88.5. The van der Waals surface area contributed by atoms with E-state index in [-0.39, 0.29) is 0 Å². The van der Waals surface area contributed by atoms with E-state index < -0.39 is 57.1 Å². The Balaban J connectivity index is 2.97. The number of hydrogen-bond donors (Lipinski definition) is 2. The summed E-state index contributed by atoms with van der Waals surface area (Å²) in [6.07, 6.45) is 0. The molecule has 0 amide bonds. The third-order valence-electron chi connectivity index (χ3n) is 2.19. The van der Waals surface area contributed by atoms with E-state index in [4.69, 9.17) is 0 Å². The molecule has 10 heteroatoms. The summed E-state index contributed by atoms with van der Waals surface area (Å²) in [5.41, 5.74) is -1.26. The molecular formula is C9H9F5N2O2S. The molecule has 0 aliphatic heterocycles. The molecule has 0 aliphatic carbocycles. The molecule has 1 aromatic carbocycles. The lowest BCUT2D eigenvalue weighted by atomic mass is 10.2. The number of hydrogen-bond acceptors (Lipinski definition) is 3. The number of halogens is 5. The molecule has 0 fully saturated rings. The van der Waals surface area contributed by atoms with Crippen LogP contribution < -0.4 is 10.0 Å². The lowest BCUT2D eigenvalue weighted by Crippen LogP contribution is -2.26. The van der Waals surface area contributed by atoms with E-state index in [2.05, 4.69) is 0 Å². The van der Waals surface area contributed by atoms with E-state index in [0.29, 0.717) is 0 Å². The summed E-state index contributed by atoms with van der Waals surface area (Å²) in [7, 11) is -2.54. The van der Waals surface area contributed by atoms with E-state index in [9.17, 15) is 30.4 Å². The molecule has 1 rings (SSSR count). The van der Waals surface area contributed by atoms with Crippen LogP contribution in [0.25, 0.3) is 0 Å². The fourth-order valence-corrected chi connectivity index (χ4v) is 1.75. The topological polar surface area (TPSA) is 58.2 Å². The average Bonchev–Trinajstić information content (AvgIpc) is 2.38. The first-order valence-corrected chi connectivity index (χ1v) is 6.53. The molecule has 0 bridgehead atoms. The minimum absolute atomic E-state index is 0.526. The van der Waals surface area contributed by atoms with Gasteiger partial charge >= 0.3 is 0 Å². The van der Waals surface area contributed by atoms with Crippen molar-refractivity contribution in [2.75, 3.05) is 24.7 Å². The standard InChI is InChI=1S/C9H9F5N2O2S/c1-15-19(17,18)3-2-16-9-7(13)5(11)4(10)6(12)8(9)14/h15-16H,2-3H2,1H3. The van der Waals surface area contributed by atoms with Crippen LogP contribution in [0.5, 0.6) is 0 Å². The highest BCUT2D eigenvalue weighted by molar-refractivity contribution is 7.89. The second-order valence-electron chi connectivity index (χ2n) is 3.39. The smallest absolute Gasteiger partial charge is 0.213 e. The van der Waals surface area contributed by atoms with Crippen LogP contribution in [0.1, 0.15) is 0 Å². The highest BCUT2D eigenvalue weighted by Crippen LogP contribution is 2.26. The van der Waals surface area contributed by atoms with Gasteiger partial charge in [-0.05, 0) is 7.05 Å². The molecular weight excluding hydrogens is 295 g/mol. The molecule has 1 aromatic rings. The molecule has 0 spiro atoms. The van der Waals surface area contributed by atoms with Crippen molar-refractivity contribution in [3.05, 3.63) is 29.1 Å². The molecule has 0 saturated carbocycles. The molecule has 0 radical (unpaired) electrons. The molecule has 19 heavy (non-hydrogen) atoms. The van der Waals surface area contributed by atoms with E-state index in [0.717, 1.165) is 7.05 Å². The lowest BCUT2D eigenvalue weighted by molar-refractivity contribution is 0.381. The number of nitrogens with one attached hydrogen (secondary N) is 2. The summed E-state index contributed by atoms with van der Waals surface area (Å²) in [5, 5.41) is 1.86. The minimum Gasteiger partial charge on any atom is -0.379 e. The van der Waals surface area contributed by atoms with E-state index in [1.165, 1.54) is 0 Å². The van der Waals surface area contributed by atoms with Crippen molar-refractivity contribution >= 4 is 15.7 Å². The first kappa shape index (κ1) is 15.6. The fourth-order valence-electron chi connectivity index (χ4n) is 1.17. The van der Waals surface area contributed by atoms with Gasteiger partial charge in [0.25, 0.3) is 0 Å². The minimum atomic E-state index is -3.66. The van der Waals surface area contributed by atoms with Gasteiger partial charge in [-0.25, -0.2) is 35.1 Å². The second-order valence-corrected chi connectivity index (χ2v) is 5.44. The molecule has 0 atom stereocenters. The van der Waals surface area contributed by atoms with Gasteiger partial charge in [0.2, 0.25) is 15.8 Å². The van der Waals surface area contributed by atoms with Crippen LogP contribution in [0.2, 0.25) is 0 Å².